The van der Waals surface area contributed by atoms with Gasteiger partial charge in [0.2, 0.25) is 0 Å². The van der Waals surface area contributed by atoms with Crippen LogP contribution in [0, 0.1) is 0 Å². The fourth-order valence-corrected chi connectivity index (χ4v) is 1.19. The van der Waals surface area contributed by atoms with Gasteiger partial charge in [-0.05, 0) is 32.9 Å². The molecule has 0 fully saturated rings. The first-order chi connectivity index (χ1) is 8.42. The lowest BCUT2D eigenvalue weighted by Gasteiger charge is -2.20. The fraction of sp³-hybridized carbons (Fsp3) is 0.286. The summed E-state index contributed by atoms with van der Waals surface area (Å²) >= 11 is 0. The smallest absolute Gasteiger partial charge is 0.412 e. The summed E-state index contributed by atoms with van der Waals surface area (Å²) in [6.45, 7) is 8.80. The quantitative estimate of drug-likeness (QED) is 0.654. The van der Waals surface area contributed by atoms with Gasteiger partial charge in [0.1, 0.15) is 11.9 Å². The zero-order chi connectivity index (χ0) is 13.6. The molecule has 1 aromatic rings. The molecular weight excluding hydrogens is 230 g/mol. The van der Waals surface area contributed by atoms with Crippen LogP contribution >= 0.6 is 0 Å². The predicted octanol–water partition coefficient (Wildman–Crippen LogP) is 3.71. The lowest BCUT2D eigenvalue weighted by molar-refractivity contribution is 0.0635. The zero-order valence-electron chi connectivity index (χ0n) is 10.8. The molecule has 0 heterocycles. The van der Waals surface area contributed by atoms with E-state index in [2.05, 4.69) is 17.6 Å². The molecular formula is C14H17NO3. The van der Waals surface area contributed by atoms with Gasteiger partial charge in [0.25, 0.3) is 0 Å². The van der Waals surface area contributed by atoms with E-state index in [-0.39, 0.29) is 0 Å². The maximum absolute atomic E-state index is 11.6. The van der Waals surface area contributed by atoms with Gasteiger partial charge in [-0.15, -0.1) is 0 Å². The Morgan fingerprint density at radius 2 is 2.06 bits per heavy atom. The highest BCUT2D eigenvalue weighted by molar-refractivity contribution is 5.86. The van der Waals surface area contributed by atoms with Crippen LogP contribution < -0.4 is 10.1 Å². The van der Waals surface area contributed by atoms with Crippen molar-refractivity contribution in [1.82, 2.24) is 0 Å². The lowest BCUT2D eigenvalue weighted by atomic mass is 10.2. The molecule has 0 saturated carbocycles. The van der Waals surface area contributed by atoms with Gasteiger partial charge in [0.05, 0.1) is 5.69 Å². The number of carbonyl (C=O) groups excluding carboxylic acids is 1. The summed E-state index contributed by atoms with van der Waals surface area (Å²) in [6, 6.07) is 7.03. The molecule has 0 spiro atoms. The summed E-state index contributed by atoms with van der Waals surface area (Å²) in [6.07, 6.45) is 0.788. The molecule has 0 saturated heterocycles. The van der Waals surface area contributed by atoms with Crippen molar-refractivity contribution in [3.05, 3.63) is 42.8 Å². The van der Waals surface area contributed by atoms with E-state index in [0.717, 1.165) is 0 Å². The first-order valence-electron chi connectivity index (χ1n) is 5.52. The number of para-hydroxylation sites is 2. The molecule has 0 aliphatic carbocycles. The molecule has 1 N–H and O–H groups in total. The third kappa shape index (κ3) is 4.76. The van der Waals surface area contributed by atoms with Crippen molar-refractivity contribution < 1.29 is 14.3 Å². The number of amides is 1. The second-order valence-corrected chi connectivity index (χ2v) is 4.56. The standard InChI is InChI=1S/C14H17NO3/c1-5-10-17-12-9-7-6-8-11(12)15-13(16)18-14(2,3)4/h6-10H,1H2,2-4H3,(H,15,16). The molecule has 1 rings (SSSR count). The minimum Gasteiger partial charge on any atom is -0.455 e. The van der Waals surface area contributed by atoms with Gasteiger partial charge < -0.3 is 9.47 Å². The largest absolute Gasteiger partial charge is 0.455 e. The molecule has 18 heavy (non-hydrogen) atoms. The second kappa shape index (κ2) is 5.94. The number of anilines is 1. The molecule has 0 atom stereocenters. The summed E-state index contributed by atoms with van der Waals surface area (Å²) < 4.78 is 10.4. The Balaban J connectivity index is 2.77. The van der Waals surface area contributed by atoms with E-state index in [1.807, 2.05) is 0 Å². The molecule has 4 heteroatoms. The van der Waals surface area contributed by atoms with Gasteiger partial charge in [0.15, 0.2) is 5.75 Å². The molecule has 0 unspecified atom stereocenters. The van der Waals surface area contributed by atoms with E-state index in [4.69, 9.17) is 9.47 Å². The van der Waals surface area contributed by atoms with Gasteiger partial charge in [-0.25, -0.2) is 4.79 Å². The maximum Gasteiger partial charge on any atom is 0.412 e. The number of hydrogen-bond acceptors (Lipinski definition) is 3. The Labute approximate surface area is 107 Å². The van der Waals surface area contributed by atoms with Crippen molar-refractivity contribution in [1.29, 1.82) is 0 Å². The van der Waals surface area contributed by atoms with Gasteiger partial charge in [-0.1, -0.05) is 24.4 Å². The Hall–Kier alpha value is -2.19. The minimum atomic E-state index is -0.541. The van der Waals surface area contributed by atoms with E-state index in [9.17, 15) is 4.79 Å². The summed E-state index contributed by atoms with van der Waals surface area (Å²) in [7, 11) is 0. The number of nitrogens with one attached hydrogen (secondary N) is 1. The van der Waals surface area contributed by atoms with Gasteiger partial charge in [0, 0.05) is 0 Å². The highest BCUT2D eigenvalue weighted by Gasteiger charge is 2.17. The van der Waals surface area contributed by atoms with Gasteiger partial charge in [-0.2, -0.15) is 0 Å². The highest BCUT2D eigenvalue weighted by Crippen LogP contribution is 2.24. The molecule has 1 amide bonds. The van der Waals surface area contributed by atoms with Crippen LogP contribution in [0.4, 0.5) is 10.5 Å². The molecule has 4 nitrogen and oxygen atoms in total. The SMILES string of the molecule is C=C=COc1ccccc1NC(=O)OC(C)(C)C. The van der Waals surface area contributed by atoms with Crippen LogP contribution in [0.1, 0.15) is 20.8 Å². The molecule has 0 aliphatic rings. The number of hydrogen-bond donors (Lipinski definition) is 1. The fourth-order valence-electron chi connectivity index (χ4n) is 1.19. The van der Waals surface area contributed by atoms with E-state index in [1.165, 1.54) is 6.26 Å². The first kappa shape index (κ1) is 13.9. The van der Waals surface area contributed by atoms with Crippen molar-refractivity contribution in [2.45, 2.75) is 26.4 Å². The van der Waals surface area contributed by atoms with Gasteiger partial charge in [-0.3, -0.25) is 5.32 Å². The number of benzene rings is 1. The van der Waals surface area contributed by atoms with Crippen LogP contribution in [0.3, 0.4) is 0 Å². The summed E-state index contributed by atoms with van der Waals surface area (Å²) in [5.74, 6) is 0.500. The van der Waals surface area contributed by atoms with Crippen molar-refractivity contribution in [2.24, 2.45) is 0 Å². The normalized spacial score (nSPS) is 10.2. The van der Waals surface area contributed by atoms with E-state index < -0.39 is 11.7 Å². The number of ether oxygens (including phenoxy) is 2. The van der Waals surface area contributed by atoms with Crippen LogP contribution in [-0.4, -0.2) is 11.7 Å². The predicted molar refractivity (Wildman–Crippen MR) is 70.6 cm³/mol. The molecule has 0 radical (unpaired) electrons. The molecule has 1 aromatic carbocycles. The van der Waals surface area contributed by atoms with E-state index >= 15 is 0 Å². The van der Waals surface area contributed by atoms with Crippen molar-refractivity contribution in [2.75, 3.05) is 5.32 Å². The highest BCUT2D eigenvalue weighted by atomic mass is 16.6. The van der Waals surface area contributed by atoms with Crippen molar-refractivity contribution in [3.8, 4) is 5.75 Å². The molecule has 96 valence electrons. The number of rotatable bonds is 3. The van der Waals surface area contributed by atoms with Crippen LogP contribution in [0.25, 0.3) is 0 Å². The Morgan fingerprint density at radius 3 is 2.67 bits per heavy atom. The van der Waals surface area contributed by atoms with Gasteiger partial charge >= 0.3 is 6.09 Å². The average molecular weight is 247 g/mol. The Morgan fingerprint density at radius 1 is 1.39 bits per heavy atom. The topological polar surface area (TPSA) is 47.6 Å². The lowest BCUT2D eigenvalue weighted by Crippen LogP contribution is -2.27. The van der Waals surface area contributed by atoms with Crippen LogP contribution in [-0.2, 0) is 4.74 Å². The average Bonchev–Trinajstić information content (AvgIpc) is 2.25. The first-order valence-corrected chi connectivity index (χ1v) is 5.52. The monoisotopic (exact) mass is 247 g/mol. The van der Waals surface area contributed by atoms with Crippen LogP contribution in [0.15, 0.2) is 42.8 Å². The molecule has 0 aromatic heterocycles. The Bertz CT molecular complexity index is 468. The van der Waals surface area contributed by atoms with Crippen molar-refractivity contribution in [3.63, 3.8) is 0 Å². The third-order valence-electron chi connectivity index (χ3n) is 1.79. The number of carbonyl (C=O) groups is 1. The second-order valence-electron chi connectivity index (χ2n) is 4.56. The summed E-state index contributed by atoms with van der Waals surface area (Å²) in [5, 5.41) is 2.62. The van der Waals surface area contributed by atoms with Crippen LogP contribution in [0.2, 0.25) is 0 Å². The van der Waals surface area contributed by atoms with Crippen molar-refractivity contribution >= 4 is 11.8 Å². The summed E-state index contributed by atoms with van der Waals surface area (Å²) in [5.41, 5.74) is 2.48. The van der Waals surface area contributed by atoms with Crippen LogP contribution in [0.5, 0.6) is 5.75 Å². The maximum atomic E-state index is 11.6. The summed E-state index contributed by atoms with van der Waals surface area (Å²) in [4.78, 5) is 11.6. The van der Waals surface area contributed by atoms with E-state index in [1.54, 1.807) is 45.0 Å². The Kier molecular flexibility index (Phi) is 4.58. The molecule has 0 bridgehead atoms. The molecule has 0 aliphatic heterocycles. The van der Waals surface area contributed by atoms with E-state index in [0.29, 0.717) is 11.4 Å². The minimum absolute atomic E-state index is 0.500. The third-order valence-corrected chi connectivity index (χ3v) is 1.79. The zero-order valence-corrected chi connectivity index (χ0v) is 10.8.